The molecule has 0 aliphatic rings. The van der Waals surface area contributed by atoms with E-state index in [-0.39, 0.29) is 12.3 Å². The highest BCUT2D eigenvalue weighted by Gasteiger charge is 2.07. The second-order valence-corrected chi connectivity index (χ2v) is 5.47. The molecule has 5 nitrogen and oxygen atoms in total. The molecular weight excluding hydrogens is 302 g/mol. The molecule has 2 amide bonds. The molecule has 0 aliphatic carbocycles. The van der Waals surface area contributed by atoms with Gasteiger partial charge >= 0.3 is 0 Å². The molecule has 0 heterocycles. The van der Waals surface area contributed by atoms with E-state index in [4.69, 9.17) is 0 Å². The van der Waals surface area contributed by atoms with Crippen LogP contribution in [0.25, 0.3) is 0 Å². The number of carbonyl (C=O) groups excluding carboxylic acids is 2. The average molecular weight is 323 g/mol. The van der Waals surface area contributed by atoms with Gasteiger partial charge in [0.25, 0.3) is 0 Å². The van der Waals surface area contributed by atoms with Gasteiger partial charge in [-0.05, 0) is 24.5 Å². The van der Waals surface area contributed by atoms with Crippen LogP contribution in [0.1, 0.15) is 23.1 Å². The summed E-state index contributed by atoms with van der Waals surface area (Å²) in [7, 11) is 0. The average Bonchev–Trinajstić information content (AvgIpc) is 2.57. The number of hydrazone groups is 1. The van der Waals surface area contributed by atoms with E-state index in [2.05, 4.69) is 15.8 Å². The van der Waals surface area contributed by atoms with Gasteiger partial charge in [-0.15, -0.1) is 0 Å². The van der Waals surface area contributed by atoms with Crippen molar-refractivity contribution < 1.29 is 9.59 Å². The Morgan fingerprint density at radius 2 is 1.71 bits per heavy atom. The summed E-state index contributed by atoms with van der Waals surface area (Å²) in [6.07, 6.45) is 2.05. The fourth-order valence-corrected chi connectivity index (χ4v) is 2.07. The van der Waals surface area contributed by atoms with E-state index in [0.29, 0.717) is 6.54 Å². The quantitative estimate of drug-likeness (QED) is 0.466. The van der Waals surface area contributed by atoms with Gasteiger partial charge in [-0.3, -0.25) is 9.59 Å². The van der Waals surface area contributed by atoms with Crippen molar-refractivity contribution in [1.29, 1.82) is 0 Å². The lowest BCUT2D eigenvalue weighted by Gasteiger charge is -2.04. The fraction of sp³-hybridized carbons (Fsp3) is 0.211. The smallest absolute Gasteiger partial charge is 0.249 e. The third-order valence-electron chi connectivity index (χ3n) is 3.38. The Kier molecular flexibility index (Phi) is 6.71. The zero-order chi connectivity index (χ0) is 17.2. The maximum absolute atomic E-state index is 11.7. The standard InChI is InChI=1S/C19H21N3O2/c1-15-7-9-17(10-8-15)14-21-22-19(24)13-18(23)20-12-11-16-5-3-2-4-6-16/h2-10,14H,11-13H2,1H3,(H,20,23)(H,22,24)/b21-14-. The molecule has 0 saturated carbocycles. The second-order valence-electron chi connectivity index (χ2n) is 5.47. The maximum atomic E-state index is 11.7. The van der Waals surface area contributed by atoms with Crippen molar-refractivity contribution in [3.05, 3.63) is 71.3 Å². The minimum atomic E-state index is -0.435. The van der Waals surface area contributed by atoms with Gasteiger partial charge in [0, 0.05) is 6.54 Å². The first kappa shape index (κ1) is 17.4. The number of hydrogen-bond acceptors (Lipinski definition) is 3. The van der Waals surface area contributed by atoms with Crippen LogP contribution in [0.2, 0.25) is 0 Å². The highest BCUT2D eigenvalue weighted by molar-refractivity contribution is 5.97. The molecular formula is C19H21N3O2. The zero-order valence-electron chi connectivity index (χ0n) is 13.7. The van der Waals surface area contributed by atoms with Crippen LogP contribution in [0.3, 0.4) is 0 Å². The van der Waals surface area contributed by atoms with Crippen LogP contribution in [0.15, 0.2) is 59.7 Å². The molecule has 2 rings (SSSR count). The Hall–Kier alpha value is -2.95. The van der Waals surface area contributed by atoms with Gasteiger partial charge in [-0.25, -0.2) is 5.43 Å². The molecule has 2 aromatic carbocycles. The SMILES string of the molecule is Cc1ccc(/C=N\NC(=O)CC(=O)NCCc2ccccc2)cc1. The summed E-state index contributed by atoms with van der Waals surface area (Å²) >= 11 is 0. The van der Waals surface area contributed by atoms with E-state index in [9.17, 15) is 9.59 Å². The van der Waals surface area contributed by atoms with Crippen LogP contribution < -0.4 is 10.7 Å². The van der Waals surface area contributed by atoms with Crippen molar-refractivity contribution in [2.75, 3.05) is 6.54 Å². The van der Waals surface area contributed by atoms with Gasteiger partial charge in [-0.2, -0.15) is 5.10 Å². The Morgan fingerprint density at radius 3 is 2.42 bits per heavy atom. The first-order valence-electron chi connectivity index (χ1n) is 7.82. The van der Waals surface area contributed by atoms with Crippen LogP contribution >= 0.6 is 0 Å². The molecule has 0 spiro atoms. The molecule has 124 valence electrons. The molecule has 0 atom stereocenters. The number of nitrogens with zero attached hydrogens (tertiary/aromatic N) is 1. The van der Waals surface area contributed by atoms with Gasteiger partial charge in [-0.1, -0.05) is 60.2 Å². The lowest BCUT2D eigenvalue weighted by atomic mass is 10.1. The summed E-state index contributed by atoms with van der Waals surface area (Å²) in [6.45, 7) is 2.50. The minimum Gasteiger partial charge on any atom is -0.355 e. The number of rotatable bonds is 7. The van der Waals surface area contributed by atoms with Crippen molar-refractivity contribution in [2.45, 2.75) is 19.8 Å². The summed E-state index contributed by atoms with van der Waals surface area (Å²) in [5, 5.41) is 6.57. The van der Waals surface area contributed by atoms with Gasteiger partial charge in [0.1, 0.15) is 6.42 Å². The lowest BCUT2D eigenvalue weighted by Crippen LogP contribution is -2.31. The van der Waals surface area contributed by atoms with Crippen molar-refractivity contribution in [1.82, 2.24) is 10.7 Å². The van der Waals surface area contributed by atoms with Gasteiger partial charge in [0.05, 0.1) is 6.21 Å². The molecule has 24 heavy (non-hydrogen) atoms. The maximum Gasteiger partial charge on any atom is 0.249 e. The Labute approximate surface area is 141 Å². The van der Waals surface area contributed by atoms with Crippen molar-refractivity contribution in [2.24, 2.45) is 5.10 Å². The summed E-state index contributed by atoms with van der Waals surface area (Å²) in [6, 6.07) is 17.6. The molecule has 2 aromatic rings. The Balaban J connectivity index is 1.66. The first-order chi connectivity index (χ1) is 11.6. The molecule has 0 fully saturated rings. The third-order valence-corrected chi connectivity index (χ3v) is 3.38. The topological polar surface area (TPSA) is 70.6 Å². The highest BCUT2D eigenvalue weighted by atomic mass is 16.2. The van der Waals surface area contributed by atoms with Gasteiger partial charge < -0.3 is 5.32 Å². The minimum absolute atomic E-state index is 0.236. The van der Waals surface area contributed by atoms with Crippen molar-refractivity contribution >= 4 is 18.0 Å². The van der Waals surface area contributed by atoms with E-state index < -0.39 is 5.91 Å². The molecule has 0 aliphatic heterocycles. The fourth-order valence-electron chi connectivity index (χ4n) is 2.07. The van der Waals surface area contributed by atoms with E-state index in [1.54, 1.807) is 6.21 Å². The van der Waals surface area contributed by atoms with Crippen molar-refractivity contribution in [3.8, 4) is 0 Å². The number of carbonyl (C=O) groups is 2. The number of nitrogens with one attached hydrogen (secondary N) is 2. The number of aryl methyl sites for hydroxylation is 1. The van der Waals surface area contributed by atoms with Gasteiger partial charge in [0.2, 0.25) is 11.8 Å². The van der Waals surface area contributed by atoms with Crippen LogP contribution in [-0.2, 0) is 16.0 Å². The van der Waals surface area contributed by atoms with E-state index in [1.807, 2.05) is 61.5 Å². The zero-order valence-corrected chi connectivity index (χ0v) is 13.7. The number of amides is 2. The van der Waals surface area contributed by atoms with E-state index in [1.165, 1.54) is 0 Å². The largest absolute Gasteiger partial charge is 0.355 e. The molecule has 2 N–H and O–H groups in total. The summed E-state index contributed by atoms with van der Waals surface area (Å²) in [5.41, 5.74) is 5.54. The van der Waals surface area contributed by atoms with Gasteiger partial charge in [0.15, 0.2) is 0 Å². The van der Waals surface area contributed by atoms with Crippen LogP contribution in [0, 0.1) is 6.92 Å². The Morgan fingerprint density at radius 1 is 1.00 bits per heavy atom. The molecule has 0 unspecified atom stereocenters. The molecule has 0 radical (unpaired) electrons. The molecule has 0 aromatic heterocycles. The monoisotopic (exact) mass is 323 g/mol. The highest BCUT2D eigenvalue weighted by Crippen LogP contribution is 2.00. The predicted molar refractivity (Wildman–Crippen MR) is 94.7 cm³/mol. The lowest BCUT2D eigenvalue weighted by molar-refractivity contribution is -0.129. The summed E-state index contributed by atoms with van der Waals surface area (Å²) < 4.78 is 0. The molecule has 0 saturated heterocycles. The number of hydrogen-bond donors (Lipinski definition) is 2. The normalized spacial score (nSPS) is 10.5. The third kappa shape index (κ3) is 6.44. The first-order valence-corrected chi connectivity index (χ1v) is 7.82. The van der Waals surface area contributed by atoms with Crippen LogP contribution in [0.4, 0.5) is 0 Å². The van der Waals surface area contributed by atoms with E-state index in [0.717, 1.165) is 23.1 Å². The van der Waals surface area contributed by atoms with E-state index >= 15 is 0 Å². The van der Waals surface area contributed by atoms with Crippen LogP contribution in [-0.4, -0.2) is 24.6 Å². The Bertz CT molecular complexity index is 694. The van der Waals surface area contributed by atoms with Crippen LogP contribution in [0.5, 0.6) is 0 Å². The molecule has 0 bridgehead atoms. The number of benzene rings is 2. The summed E-state index contributed by atoms with van der Waals surface area (Å²) in [4.78, 5) is 23.3. The summed E-state index contributed by atoms with van der Waals surface area (Å²) in [5.74, 6) is -0.746. The van der Waals surface area contributed by atoms with Crippen molar-refractivity contribution in [3.63, 3.8) is 0 Å². The second kappa shape index (κ2) is 9.25. The molecule has 5 heteroatoms. The predicted octanol–water partition coefficient (Wildman–Crippen LogP) is 2.19.